The number of urea groups is 1. The van der Waals surface area contributed by atoms with E-state index in [9.17, 15) is 19.2 Å². The fraction of sp³-hybridized carbons (Fsp3) is 0.500. The Hall–Kier alpha value is -3.51. The van der Waals surface area contributed by atoms with Crippen LogP contribution >= 0.6 is 11.8 Å². The van der Waals surface area contributed by atoms with E-state index in [4.69, 9.17) is 4.74 Å². The fourth-order valence-electron chi connectivity index (χ4n) is 5.22. The van der Waals surface area contributed by atoms with Gasteiger partial charge in [-0.3, -0.25) is 9.59 Å². The van der Waals surface area contributed by atoms with Crippen LogP contribution in [0.3, 0.4) is 0 Å². The van der Waals surface area contributed by atoms with Crippen molar-refractivity contribution in [1.82, 2.24) is 30.5 Å². The Balaban J connectivity index is 1.48. The lowest BCUT2D eigenvalue weighted by atomic mass is 10.0. The number of piperazine rings is 1. The first-order valence-corrected chi connectivity index (χ1v) is 14.6. The van der Waals surface area contributed by atoms with Gasteiger partial charge < -0.3 is 25.2 Å². The van der Waals surface area contributed by atoms with E-state index in [1.807, 2.05) is 30.3 Å². The normalized spacial score (nSPS) is 22.7. The molecule has 1 aromatic carbocycles. The smallest absolute Gasteiger partial charge is 0.407 e. The van der Waals surface area contributed by atoms with Crippen molar-refractivity contribution >= 4 is 35.7 Å². The highest BCUT2D eigenvalue weighted by Crippen LogP contribution is 2.30. The van der Waals surface area contributed by atoms with Gasteiger partial charge in [0.15, 0.2) is 0 Å². The number of carbonyl (C=O) groups excluding carboxylic acids is 4. The van der Waals surface area contributed by atoms with Crippen LogP contribution in [0, 0.1) is 0 Å². The quantitative estimate of drug-likeness (QED) is 0.310. The third-order valence-corrected chi connectivity index (χ3v) is 8.34. The molecule has 2 fully saturated rings. The second-order valence-electron chi connectivity index (χ2n) is 10.00. The molecule has 0 bridgehead atoms. The molecule has 4 rings (SSSR count). The zero-order valence-electron chi connectivity index (χ0n) is 22.9. The Morgan fingerprint density at radius 1 is 1.18 bits per heavy atom. The summed E-state index contributed by atoms with van der Waals surface area (Å²) in [5, 5.41) is 11.3. The summed E-state index contributed by atoms with van der Waals surface area (Å²) in [6, 6.07) is 8.55. The Labute approximate surface area is 239 Å². The van der Waals surface area contributed by atoms with Crippen LogP contribution in [0.4, 0.5) is 9.59 Å². The van der Waals surface area contributed by atoms with Crippen molar-refractivity contribution < 1.29 is 23.9 Å². The van der Waals surface area contributed by atoms with Crippen molar-refractivity contribution in [3.05, 3.63) is 60.0 Å². The zero-order valence-corrected chi connectivity index (χ0v) is 23.7. The van der Waals surface area contributed by atoms with Gasteiger partial charge in [0.2, 0.25) is 11.8 Å². The van der Waals surface area contributed by atoms with E-state index in [0.717, 1.165) is 18.4 Å². The number of thioether (sulfide) groups is 1. The highest BCUT2D eigenvalue weighted by molar-refractivity contribution is 8.03. The minimum atomic E-state index is -0.732. The van der Waals surface area contributed by atoms with Crippen LogP contribution in [-0.2, 0) is 20.9 Å². The van der Waals surface area contributed by atoms with Crippen LogP contribution in [0.2, 0.25) is 0 Å². The molecule has 3 aliphatic heterocycles. The molecular weight excluding hydrogens is 532 g/mol. The van der Waals surface area contributed by atoms with Gasteiger partial charge in [0, 0.05) is 31.9 Å². The summed E-state index contributed by atoms with van der Waals surface area (Å²) in [5.41, 5.74) is 0.962. The molecule has 0 saturated carbocycles. The number of nitrogens with one attached hydrogen (secondary N) is 2. The molecule has 0 aliphatic carbocycles. The lowest BCUT2D eigenvalue weighted by molar-refractivity contribution is -0.187. The maximum atomic E-state index is 13.7. The minimum absolute atomic E-state index is 0.0183. The standard InChI is InChI=1S/C28H38N6O5S/c1-3-16-39-28(38)29-14-7-12-23-26(36)32(15-13-22-11-8-17-40-22)19-24-33(23)25(35)20-31(2)34(24)27(37)30-18-21-9-5-4-6-10-21/h3-6,8-10,17,22-24H,1,7,11-16,18-20H2,2H3,(H,29,38)(H,30,37)/t22?,23-,24-/m0/s1. The van der Waals surface area contributed by atoms with Crippen molar-refractivity contribution in [2.24, 2.45) is 0 Å². The molecule has 40 heavy (non-hydrogen) atoms. The summed E-state index contributed by atoms with van der Waals surface area (Å²) >= 11 is 1.77. The summed E-state index contributed by atoms with van der Waals surface area (Å²) in [5.74, 6) is -0.324. The Morgan fingerprint density at radius 2 is 1.98 bits per heavy atom. The van der Waals surface area contributed by atoms with Gasteiger partial charge in [0.25, 0.3) is 0 Å². The molecule has 3 heterocycles. The number of amides is 5. The number of fused-ring (bicyclic) bond motifs is 1. The topological polar surface area (TPSA) is 115 Å². The third kappa shape index (κ3) is 7.36. The van der Waals surface area contributed by atoms with Crippen LogP contribution in [0.25, 0.3) is 0 Å². The van der Waals surface area contributed by atoms with E-state index >= 15 is 0 Å². The van der Waals surface area contributed by atoms with E-state index in [1.165, 1.54) is 6.08 Å². The molecule has 11 nitrogen and oxygen atoms in total. The first kappa shape index (κ1) is 29.5. The van der Waals surface area contributed by atoms with Crippen LogP contribution < -0.4 is 10.6 Å². The third-order valence-electron chi connectivity index (χ3n) is 7.18. The van der Waals surface area contributed by atoms with Gasteiger partial charge in [0.05, 0.1) is 13.1 Å². The number of alkyl carbamates (subject to hydrolysis) is 1. The highest BCUT2D eigenvalue weighted by Gasteiger charge is 2.50. The summed E-state index contributed by atoms with van der Waals surface area (Å²) in [6.07, 6.45) is 5.02. The maximum Gasteiger partial charge on any atom is 0.407 e. The van der Waals surface area contributed by atoms with Crippen molar-refractivity contribution in [2.45, 2.75) is 49.7 Å². The number of allylic oxidation sites excluding steroid dienone is 1. The molecule has 2 saturated heterocycles. The predicted octanol–water partition coefficient (Wildman–Crippen LogP) is 2.53. The Bertz CT molecular complexity index is 1090. The molecule has 2 N–H and O–H groups in total. The Morgan fingerprint density at radius 3 is 2.70 bits per heavy atom. The van der Waals surface area contributed by atoms with E-state index < -0.39 is 18.3 Å². The van der Waals surface area contributed by atoms with Crippen LogP contribution in [0.5, 0.6) is 0 Å². The van der Waals surface area contributed by atoms with Gasteiger partial charge in [-0.2, -0.15) is 0 Å². The van der Waals surface area contributed by atoms with Crippen molar-refractivity contribution in [3.63, 3.8) is 0 Å². The molecule has 0 spiro atoms. The van der Waals surface area contributed by atoms with E-state index in [0.29, 0.717) is 31.2 Å². The van der Waals surface area contributed by atoms with Gasteiger partial charge in [0.1, 0.15) is 18.8 Å². The van der Waals surface area contributed by atoms with Crippen LogP contribution in [-0.4, -0.2) is 101 Å². The van der Waals surface area contributed by atoms with Gasteiger partial charge in [-0.05, 0) is 36.7 Å². The Kier molecular flexibility index (Phi) is 10.5. The number of likely N-dealkylation sites (N-methyl/N-ethyl adjacent to an activating group) is 1. The summed E-state index contributed by atoms with van der Waals surface area (Å²) in [4.78, 5) is 55.7. The molecule has 1 unspecified atom stereocenters. The molecule has 216 valence electrons. The lowest BCUT2D eigenvalue weighted by Gasteiger charge is -2.54. The number of hydrogen-bond donors (Lipinski definition) is 2. The van der Waals surface area contributed by atoms with Gasteiger partial charge in [-0.25, -0.2) is 19.6 Å². The number of hydrogen-bond acceptors (Lipinski definition) is 7. The molecule has 12 heteroatoms. The summed E-state index contributed by atoms with van der Waals surface area (Å²) in [7, 11) is 1.72. The SMILES string of the molecule is C=CCOC(=O)NCCC[C@H]1C(=O)N(CCC2CC=CS2)C[C@H]2N1C(=O)CN(C)N2C(=O)NCc1ccccc1. The molecule has 3 aliphatic rings. The number of carbonyl (C=O) groups is 4. The number of benzene rings is 1. The monoisotopic (exact) mass is 570 g/mol. The molecule has 1 aromatic rings. The summed E-state index contributed by atoms with van der Waals surface area (Å²) in [6.45, 7) is 5.02. The molecule has 3 atom stereocenters. The second kappa shape index (κ2) is 14.2. The van der Waals surface area contributed by atoms with Crippen molar-refractivity contribution in [3.8, 4) is 0 Å². The van der Waals surface area contributed by atoms with Crippen molar-refractivity contribution in [1.29, 1.82) is 0 Å². The first-order chi connectivity index (χ1) is 19.4. The zero-order chi connectivity index (χ0) is 28.5. The van der Waals surface area contributed by atoms with E-state index in [-0.39, 0.29) is 44.1 Å². The van der Waals surface area contributed by atoms with Crippen LogP contribution in [0.15, 0.2) is 54.5 Å². The summed E-state index contributed by atoms with van der Waals surface area (Å²) < 4.78 is 4.94. The van der Waals surface area contributed by atoms with Crippen molar-refractivity contribution in [2.75, 3.05) is 39.8 Å². The lowest BCUT2D eigenvalue weighted by Crippen LogP contribution is -2.76. The average Bonchev–Trinajstić information content (AvgIpc) is 3.47. The van der Waals surface area contributed by atoms with E-state index in [2.05, 4.69) is 28.7 Å². The highest BCUT2D eigenvalue weighted by atomic mass is 32.2. The predicted molar refractivity (Wildman–Crippen MR) is 153 cm³/mol. The maximum absolute atomic E-state index is 13.7. The van der Waals surface area contributed by atoms with Gasteiger partial charge >= 0.3 is 12.1 Å². The number of nitrogens with zero attached hydrogens (tertiary/aromatic N) is 4. The number of hydrazine groups is 1. The number of rotatable bonds is 11. The molecule has 0 aromatic heterocycles. The number of ether oxygens (including phenoxy) is 1. The average molecular weight is 571 g/mol. The minimum Gasteiger partial charge on any atom is -0.445 e. The fourth-order valence-corrected chi connectivity index (χ4v) is 6.13. The molecule has 5 amide bonds. The van der Waals surface area contributed by atoms with Gasteiger partial charge in [-0.1, -0.05) is 49.1 Å². The molecular formula is C28H38N6O5S. The molecule has 0 radical (unpaired) electrons. The van der Waals surface area contributed by atoms with Crippen LogP contribution in [0.1, 0.15) is 31.2 Å². The first-order valence-electron chi connectivity index (χ1n) is 13.6. The second-order valence-corrected chi connectivity index (χ2v) is 11.2. The van der Waals surface area contributed by atoms with Gasteiger partial charge in [-0.15, -0.1) is 11.8 Å². The largest absolute Gasteiger partial charge is 0.445 e. The van der Waals surface area contributed by atoms with E-state index in [1.54, 1.807) is 38.6 Å².